The second-order valence-electron chi connectivity index (χ2n) is 4.45. The van der Waals surface area contributed by atoms with E-state index in [4.69, 9.17) is 23.2 Å². The van der Waals surface area contributed by atoms with Crippen molar-refractivity contribution >= 4 is 44.6 Å². The normalized spacial score (nSPS) is 25.6. The molecule has 1 aliphatic carbocycles. The van der Waals surface area contributed by atoms with Gasteiger partial charge in [-0.05, 0) is 25.0 Å². The van der Waals surface area contributed by atoms with E-state index in [0.29, 0.717) is 4.34 Å². The molecule has 0 aliphatic heterocycles. The van der Waals surface area contributed by atoms with Gasteiger partial charge in [0.1, 0.15) is 4.21 Å². The maximum Gasteiger partial charge on any atom is 0.252 e. The highest BCUT2D eigenvalue weighted by molar-refractivity contribution is 7.91. The largest absolute Gasteiger partial charge is 0.252 e. The molecular weight excluding hydrogens is 313 g/mol. The van der Waals surface area contributed by atoms with Gasteiger partial charge in [-0.1, -0.05) is 24.4 Å². The van der Waals surface area contributed by atoms with Crippen LogP contribution in [0.25, 0.3) is 0 Å². The maximum absolute atomic E-state index is 12.4. The number of sulfonamides is 1. The molecule has 0 radical (unpaired) electrons. The van der Waals surface area contributed by atoms with Crippen molar-refractivity contribution in [3.63, 3.8) is 0 Å². The fraction of sp³-hybridized carbons (Fsp3) is 0.636. The Labute approximate surface area is 122 Å². The molecule has 0 N–H and O–H groups in total. The highest BCUT2D eigenvalue weighted by Gasteiger charge is 2.34. The summed E-state index contributed by atoms with van der Waals surface area (Å²) in [5.74, 6) is 0. The molecule has 0 amide bonds. The Kier molecular flexibility index (Phi) is 4.60. The number of thiophene rings is 1. The van der Waals surface area contributed by atoms with E-state index in [1.165, 1.54) is 4.31 Å². The van der Waals surface area contributed by atoms with Gasteiger partial charge in [-0.2, -0.15) is 4.31 Å². The van der Waals surface area contributed by atoms with Gasteiger partial charge < -0.3 is 0 Å². The van der Waals surface area contributed by atoms with Crippen LogP contribution in [-0.4, -0.2) is 31.2 Å². The zero-order chi connectivity index (χ0) is 13.3. The topological polar surface area (TPSA) is 37.4 Å². The number of hydrogen-bond acceptors (Lipinski definition) is 3. The summed E-state index contributed by atoms with van der Waals surface area (Å²) in [6.07, 6.45) is 3.79. The first-order valence-corrected chi connectivity index (χ1v) is 8.87. The van der Waals surface area contributed by atoms with E-state index >= 15 is 0 Å². The van der Waals surface area contributed by atoms with Crippen LogP contribution in [0.15, 0.2) is 16.3 Å². The molecule has 0 aromatic carbocycles. The van der Waals surface area contributed by atoms with E-state index in [-0.39, 0.29) is 15.6 Å². The third-order valence-electron chi connectivity index (χ3n) is 3.30. The average Bonchev–Trinajstić information content (AvgIpc) is 2.76. The van der Waals surface area contributed by atoms with Gasteiger partial charge in [0, 0.05) is 13.1 Å². The first-order chi connectivity index (χ1) is 8.43. The molecule has 1 heterocycles. The Morgan fingerprint density at radius 3 is 2.56 bits per heavy atom. The molecule has 102 valence electrons. The zero-order valence-corrected chi connectivity index (χ0v) is 13.1. The summed E-state index contributed by atoms with van der Waals surface area (Å²) in [5, 5.41) is -0.103. The SMILES string of the molecule is CN(C1CCCCC1Cl)S(=O)(=O)c1ccc(Cl)s1. The molecule has 1 aromatic heterocycles. The van der Waals surface area contributed by atoms with Crippen LogP contribution in [0.5, 0.6) is 0 Å². The first-order valence-electron chi connectivity index (χ1n) is 5.80. The van der Waals surface area contributed by atoms with Crippen LogP contribution in [0, 0.1) is 0 Å². The number of rotatable bonds is 3. The summed E-state index contributed by atoms with van der Waals surface area (Å²) < 4.78 is 27.0. The predicted molar refractivity (Wildman–Crippen MR) is 76.2 cm³/mol. The Hall–Kier alpha value is 0.190. The molecule has 0 bridgehead atoms. The second kappa shape index (κ2) is 5.67. The van der Waals surface area contributed by atoms with E-state index < -0.39 is 10.0 Å². The lowest BCUT2D eigenvalue weighted by atomic mass is 9.95. The standard InChI is InChI=1S/C11H15Cl2NO2S2/c1-14(9-5-3-2-4-8(9)12)18(15,16)11-7-6-10(13)17-11/h6-9H,2-5H2,1H3. The maximum atomic E-state index is 12.4. The minimum absolute atomic E-state index is 0.103. The second-order valence-corrected chi connectivity index (χ2v) is 8.95. The monoisotopic (exact) mass is 327 g/mol. The Morgan fingerprint density at radius 1 is 1.33 bits per heavy atom. The summed E-state index contributed by atoms with van der Waals surface area (Å²) in [5.41, 5.74) is 0. The summed E-state index contributed by atoms with van der Waals surface area (Å²) in [7, 11) is -1.86. The first kappa shape index (κ1) is 14.6. The Morgan fingerprint density at radius 2 is 2.00 bits per heavy atom. The third-order valence-corrected chi connectivity index (χ3v) is 7.39. The molecule has 2 unspecified atom stereocenters. The van der Waals surface area contributed by atoms with Crippen LogP contribution in [-0.2, 0) is 10.0 Å². The molecule has 1 aliphatic rings. The highest BCUT2D eigenvalue weighted by Crippen LogP contribution is 2.33. The molecule has 2 rings (SSSR count). The van der Waals surface area contributed by atoms with E-state index in [0.717, 1.165) is 37.0 Å². The smallest absolute Gasteiger partial charge is 0.206 e. The minimum atomic E-state index is -3.47. The van der Waals surface area contributed by atoms with E-state index in [2.05, 4.69) is 0 Å². The Balaban J connectivity index is 2.24. The van der Waals surface area contributed by atoms with E-state index in [1.807, 2.05) is 0 Å². The van der Waals surface area contributed by atoms with Crippen LogP contribution in [0.2, 0.25) is 4.34 Å². The van der Waals surface area contributed by atoms with Gasteiger partial charge in [-0.25, -0.2) is 8.42 Å². The molecule has 2 atom stereocenters. The van der Waals surface area contributed by atoms with Gasteiger partial charge in [0.05, 0.1) is 9.71 Å². The minimum Gasteiger partial charge on any atom is -0.206 e. The van der Waals surface area contributed by atoms with Crippen molar-refractivity contribution in [3.8, 4) is 0 Å². The fourth-order valence-electron chi connectivity index (χ4n) is 2.23. The van der Waals surface area contributed by atoms with Crippen molar-refractivity contribution in [2.24, 2.45) is 0 Å². The molecule has 7 heteroatoms. The van der Waals surface area contributed by atoms with Gasteiger partial charge in [0.15, 0.2) is 0 Å². The summed E-state index contributed by atoms with van der Waals surface area (Å²) in [6.45, 7) is 0. The highest BCUT2D eigenvalue weighted by atomic mass is 35.5. The molecule has 1 aromatic rings. The van der Waals surface area contributed by atoms with Crippen molar-refractivity contribution in [3.05, 3.63) is 16.5 Å². The third kappa shape index (κ3) is 2.85. The van der Waals surface area contributed by atoms with Gasteiger partial charge in [-0.3, -0.25) is 0 Å². The summed E-state index contributed by atoms with van der Waals surface area (Å²) >= 11 is 13.1. The van der Waals surface area contributed by atoms with Crippen molar-refractivity contribution in [1.29, 1.82) is 0 Å². The van der Waals surface area contributed by atoms with Crippen LogP contribution in [0.4, 0.5) is 0 Å². The molecule has 0 saturated heterocycles. The van der Waals surface area contributed by atoms with Gasteiger partial charge >= 0.3 is 0 Å². The van der Waals surface area contributed by atoms with Crippen molar-refractivity contribution in [2.75, 3.05) is 7.05 Å². The van der Waals surface area contributed by atoms with Crippen molar-refractivity contribution < 1.29 is 8.42 Å². The average molecular weight is 328 g/mol. The number of hydrogen-bond donors (Lipinski definition) is 0. The molecule has 1 fully saturated rings. The van der Waals surface area contributed by atoms with E-state index in [9.17, 15) is 8.42 Å². The summed E-state index contributed by atoms with van der Waals surface area (Å²) in [6, 6.07) is 3.03. The number of nitrogens with zero attached hydrogens (tertiary/aromatic N) is 1. The zero-order valence-electron chi connectivity index (χ0n) is 9.97. The molecule has 1 saturated carbocycles. The van der Waals surface area contributed by atoms with Crippen LogP contribution >= 0.6 is 34.5 Å². The van der Waals surface area contributed by atoms with E-state index in [1.54, 1.807) is 19.2 Å². The molecule has 0 spiro atoms. The quantitative estimate of drug-likeness (QED) is 0.796. The lowest BCUT2D eigenvalue weighted by molar-refractivity contribution is 0.291. The molecule has 3 nitrogen and oxygen atoms in total. The van der Waals surface area contributed by atoms with Gasteiger partial charge in [0.2, 0.25) is 0 Å². The van der Waals surface area contributed by atoms with Gasteiger partial charge in [0.25, 0.3) is 10.0 Å². The van der Waals surface area contributed by atoms with Crippen LogP contribution in [0.3, 0.4) is 0 Å². The molecular formula is C11H15Cl2NO2S2. The lowest BCUT2D eigenvalue weighted by Crippen LogP contribution is -2.43. The van der Waals surface area contributed by atoms with Gasteiger partial charge in [-0.15, -0.1) is 22.9 Å². The number of halogens is 2. The molecule has 18 heavy (non-hydrogen) atoms. The van der Waals surface area contributed by atoms with Crippen LogP contribution in [0.1, 0.15) is 25.7 Å². The van der Waals surface area contributed by atoms with Crippen molar-refractivity contribution in [2.45, 2.75) is 41.3 Å². The fourth-order valence-corrected chi connectivity index (χ4v) is 5.84. The number of alkyl halides is 1. The van der Waals surface area contributed by atoms with Crippen molar-refractivity contribution in [1.82, 2.24) is 4.31 Å². The Bertz CT molecular complexity index is 515. The predicted octanol–water partition coefficient (Wildman–Crippen LogP) is 3.57. The summed E-state index contributed by atoms with van der Waals surface area (Å²) in [4.78, 5) is 0. The van der Waals surface area contributed by atoms with Crippen LogP contribution < -0.4 is 0 Å². The lowest BCUT2D eigenvalue weighted by Gasteiger charge is -2.33.